The van der Waals surface area contributed by atoms with Gasteiger partial charge in [-0.3, -0.25) is 4.79 Å². The van der Waals surface area contributed by atoms with Crippen LogP contribution in [0, 0.1) is 5.92 Å². The van der Waals surface area contributed by atoms with Crippen molar-refractivity contribution in [3.8, 4) is 0 Å². The van der Waals surface area contributed by atoms with Gasteiger partial charge in [0.1, 0.15) is 11.1 Å². The molecule has 0 radical (unpaired) electrons. The van der Waals surface area contributed by atoms with Gasteiger partial charge in [-0.2, -0.15) is 0 Å². The molecule has 1 rings (SSSR count). The molecule has 0 fully saturated rings. The molecule has 0 bridgehead atoms. The zero-order chi connectivity index (χ0) is 15.8. The van der Waals surface area contributed by atoms with E-state index in [1.54, 1.807) is 19.1 Å². The standard InChI is InChI=1S/C16H24N2O2S/c1-11(2)7-6-10-20-12(3)16(19)18-14-9-5-4-8-13(14)15(17)21/h4-5,8-9,11-12H,6-7,10H2,1-3H3,(H2,17,21)(H,18,19). The second-order valence-electron chi connectivity index (χ2n) is 5.45. The Hall–Kier alpha value is -1.46. The van der Waals surface area contributed by atoms with Gasteiger partial charge < -0.3 is 15.8 Å². The number of nitrogens with two attached hydrogens (primary N) is 1. The quantitative estimate of drug-likeness (QED) is 0.572. The SMILES string of the molecule is CC(C)CCCOC(C)C(=O)Nc1ccccc1C(N)=S. The van der Waals surface area contributed by atoms with Crippen LogP contribution in [0.3, 0.4) is 0 Å². The molecule has 1 unspecified atom stereocenters. The maximum Gasteiger partial charge on any atom is 0.253 e. The summed E-state index contributed by atoms with van der Waals surface area (Å²) in [7, 11) is 0. The molecule has 1 aromatic rings. The Kier molecular flexibility index (Phi) is 7.32. The molecule has 0 saturated carbocycles. The van der Waals surface area contributed by atoms with Gasteiger partial charge in [-0.25, -0.2) is 0 Å². The van der Waals surface area contributed by atoms with E-state index in [2.05, 4.69) is 19.2 Å². The van der Waals surface area contributed by atoms with E-state index in [-0.39, 0.29) is 10.9 Å². The number of rotatable bonds is 8. The van der Waals surface area contributed by atoms with E-state index in [4.69, 9.17) is 22.7 Å². The van der Waals surface area contributed by atoms with E-state index in [0.717, 1.165) is 12.8 Å². The van der Waals surface area contributed by atoms with Crippen LogP contribution in [0.5, 0.6) is 0 Å². The molecule has 1 amide bonds. The summed E-state index contributed by atoms with van der Waals surface area (Å²) < 4.78 is 5.55. The number of carbonyl (C=O) groups is 1. The van der Waals surface area contributed by atoms with Crippen LogP contribution in [0.1, 0.15) is 39.2 Å². The van der Waals surface area contributed by atoms with E-state index in [9.17, 15) is 4.79 Å². The van der Waals surface area contributed by atoms with Gasteiger partial charge >= 0.3 is 0 Å². The summed E-state index contributed by atoms with van der Waals surface area (Å²) >= 11 is 4.97. The lowest BCUT2D eigenvalue weighted by atomic mass is 10.1. The molecule has 4 nitrogen and oxygen atoms in total. The Balaban J connectivity index is 2.51. The van der Waals surface area contributed by atoms with Crippen molar-refractivity contribution in [2.75, 3.05) is 11.9 Å². The maximum atomic E-state index is 12.1. The van der Waals surface area contributed by atoms with Crippen molar-refractivity contribution in [1.29, 1.82) is 0 Å². The molecule has 0 aliphatic heterocycles. The van der Waals surface area contributed by atoms with Crippen molar-refractivity contribution in [2.45, 2.75) is 39.7 Å². The summed E-state index contributed by atoms with van der Waals surface area (Å²) in [5.74, 6) is 0.457. The van der Waals surface area contributed by atoms with Gasteiger partial charge in [0.25, 0.3) is 5.91 Å². The summed E-state index contributed by atoms with van der Waals surface area (Å²) in [6.07, 6.45) is 1.55. The molecule has 0 saturated heterocycles. The minimum Gasteiger partial charge on any atom is -0.389 e. The number of carbonyl (C=O) groups excluding carboxylic acids is 1. The Morgan fingerprint density at radius 2 is 2.00 bits per heavy atom. The van der Waals surface area contributed by atoms with E-state index >= 15 is 0 Å². The Morgan fingerprint density at radius 1 is 1.33 bits per heavy atom. The van der Waals surface area contributed by atoms with E-state index in [0.29, 0.717) is 23.8 Å². The third-order valence-electron chi connectivity index (χ3n) is 3.11. The van der Waals surface area contributed by atoms with Crippen LogP contribution in [0.4, 0.5) is 5.69 Å². The highest BCUT2D eigenvalue weighted by Crippen LogP contribution is 2.15. The first kappa shape index (κ1) is 17.6. The predicted molar refractivity (Wildman–Crippen MR) is 90.4 cm³/mol. The summed E-state index contributed by atoms with van der Waals surface area (Å²) in [5.41, 5.74) is 6.92. The van der Waals surface area contributed by atoms with Crippen LogP contribution in [0.15, 0.2) is 24.3 Å². The zero-order valence-corrected chi connectivity index (χ0v) is 13.7. The second kappa shape index (κ2) is 8.74. The topological polar surface area (TPSA) is 64.3 Å². The number of hydrogen-bond acceptors (Lipinski definition) is 3. The highest BCUT2D eigenvalue weighted by atomic mass is 32.1. The molecule has 0 spiro atoms. The molecule has 0 aliphatic rings. The van der Waals surface area contributed by atoms with Gasteiger partial charge in [0.15, 0.2) is 0 Å². The van der Waals surface area contributed by atoms with Gasteiger partial charge in [-0.15, -0.1) is 0 Å². The second-order valence-corrected chi connectivity index (χ2v) is 5.89. The molecule has 5 heteroatoms. The van der Waals surface area contributed by atoms with Crippen LogP contribution in [-0.2, 0) is 9.53 Å². The number of ether oxygens (including phenoxy) is 1. The Morgan fingerprint density at radius 3 is 2.62 bits per heavy atom. The molecule has 0 aliphatic carbocycles. The van der Waals surface area contributed by atoms with Crippen molar-refractivity contribution < 1.29 is 9.53 Å². The van der Waals surface area contributed by atoms with Crippen molar-refractivity contribution in [2.24, 2.45) is 11.7 Å². The third-order valence-corrected chi connectivity index (χ3v) is 3.33. The summed E-state index contributed by atoms with van der Waals surface area (Å²) in [4.78, 5) is 12.4. The molecular formula is C16H24N2O2S. The van der Waals surface area contributed by atoms with Crippen LogP contribution >= 0.6 is 12.2 Å². The first-order chi connectivity index (χ1) is 9.91. The fourth-order valence-electron chi connectivity index (χ4n) is 1.87. The van der Waals surface area contributed by atoms with Crippen LogP contribution in [0.25, 0.3) is 0 Å². The lowest BCUT2D eigenvalue weighted by Crippen LogP contribution is -2.29. The fourth-order valence-corrected chi connectivity index (χ4v) is 2.05. The maximum absolute atomic E-state index is 12.1. The minimum absolute atomic E-state index is 0.191. The van der Waals surface area contributed by atoms with Gasteiger partial charge in [-0.05, 0) is 37.8 Å². The monoisotopic (exact) mass is 308 g/mol. The molecular weight excluding hydrogens is 284 g/mol. The number of benzene rings is 1. The first-order valence-corrected chi connectivity index (χ1v) is 7.64. The normalized spacial score (nSPS) is 12.2. The number of amides is 1. The molecule has 21 heavy (non-hydrogen) atoms. The summed E-state index contributed by atoms with van der Waals surface area (Å²) in [6.45, 7) is 6.67. The van der Waals surface area contributed by atoms with E-state index in [1.165, 1.54) is 0 Å². The average molecular weight is 308 g/mol. The lowest BCUT2D eigenvalue weighted by molar-refractivity contribution is -0.126. The number of thiocarbonyl (C=S) groups is 1. The first-order valence-electron chi connectivity index (χ1n) is 7.23. The number of para-hydroxylation sites is 1. The van der Waals surface area contributed by atoms with Gasteiger partial charge in [0.05, 0.1) is 5.69 Å². The lowest BCUT2D eigenvalue weighted by Gasteiger charge is -2.15. The molecule has 0 heterocycles. The van der Waals surface area contributed by atoms with Gasteiger partial charge in [0.2, 0.25) is 0 Å². The summed E-state index contributed by atoms with van der Waals surface area (Å²) in [5, 5.41) is 2.81. The van der Waals surface area contributed by atoms with Crippen LogP contribution in [0.2, 0.25) is 0 Å². The van der Waals surface area contributed by atoms with Gasteiger partial charge in [-0.1, -0.05) is 38.2 Å². The third kappa shape index (κ3) is 6.23. The van der Waals surface area contributed by atoms with E-state index in [1.807, 2.05) is 12.1 Å². The Bertz CT molecular complexity index is 489. The van der Waals surface area contributed by atoms with Crippen molar-refractivity contribution in [3.63, 3.8) is 0 Å². The van der Waals surface area contributed by atoms with Crippen LogP contribution < -0.4 is 11.1 Å². The number of anilines is 1. The Labute approximate surface area is 132 Å². The number of hydrogen-bond donors (Lipinski definition) is 2. The predicted octanol–water partition coefficient (Wildman–Crippen LogP) is 3.10. The average Bonchev–Trinajstić information content (AvgIpc) is 2.43. The molecule has 0 aromatic heterocycles. The van der Waals surface area contributed by atoms with Gasteiger partial charge in [0, 0.05) is 12.2 Å². The van der Waals surface area contributed by atoms with E-state index < -0.39 is 6.10 Å². The molecule has 1 atom stereocenters. The largest absolute Gasteiger partial charge is 0.389 e. The molecule has 1 aromatic carbocycles. The highest BCUT2D eigenvalue weighted by Gasteiger charge is 2.15. The molecule has 116 valence electrons. The highest BCUT2D eigenvalue weighted by molar-refractivity contribution is 7.80. The van der Waals surface area contributed by atoms with Crippen molar-refractivity contribution in [1.82, 2.24) is 0 Å². The van der Waals surface area contributed by atoms with Crippen molar-refractivity contribution >= 4 is 28.8 Å². The number of nitrogens with one attached hydrogen (secondary N) is 1. The fraction of sp³-hybridized carbons (Fsp3) is 0.500. The zero-order valence-electron chi connectivity index (χ0n) is 12.9. The molecule has 3 N–H and O–H groups in total. The van der Waals surface area contributed by atoms with Crippen LogP contribution in [-0.4, -0.2) is 23.6 Å². The summed E-state index contributed by atoms with van der Waals surface area (Å²) in [6, 6.07) is 7.21. The smallest absolute Gasteiger partial charge is 0.253 e. The van der Waals surface area contributed by atoms with Crippen molar-refractivity contribution in [3.05, 3.63) is 29.8 Å². The minimum atomic E-state index is -0.503.